The van der Waals surface area contributed by atoms with Crippen LogP contribution in [0.2, 0.25) is 0 Å². The highest BCUT2D eigenvalue weighted by atomic mass is 16.5. The predicted octanol–water partition coefficient (Wildman–Crippen LogP) is 2.24. The average molecular weight is 287 g/mol. The number of piperidine rings is 1. The topological polar surface area (TPSA) is 67.9 Å². The van der Waals surface area contributed by atoms with E-state index in [0.29, 0.717) is 11.8 Å². The van der Waals surface area contributed by atoms with Gasteiger partial charge in [-0.3, -0.25) is 0 Å². The van der Waals surface area contributed by atoms with Gasteiger partial charge in [0.2, 0.25) is 5.89 Å². The van der Waals surface area contributed by atoms with Gasteiger partial charge in [0.05, 0.1) is 0 Å². The third-order valence-corrected chi connectivity index (χ3v) is 3.84. The summed E-state index contributed by atoms with van der Waals surface area (Å²) in [6, 6.07) is 2.06. The molecular formula is C15H21N5O. The summed E-state index contributed by atoms with van der Waals surface area (Å²) < 4.78 is 5.05. The van der Waals surface area contributed by atoms with Crippen molar-refractivity contribution in [1.82, 2.24) is 20.1 Å². The van der Waals surface area contributed by atoms with Crippen LogP contribution in [0.15, 0.2) is 10.6 Å². The highest BCUT2D eigenvalue weighted by Crippen LogP contribution is 2.24. The molecule has 0 amide bonds. The highest BCUT2D eigenvalue weighted by molar-refractivity contribution is 5.40. The van der Waals surface area contributed by atoms with Gasteiger partial charge in [0.15, 0.2) is 5.82 Å². The zero-order valence-electron chi connectivity index (χ0n) is 12.8. The first-order chi connectivity index (χ1) is 10.1. The van der Waals surface area contributed by atoms with E-state index in [0.717, 1.165) is 42.7 Å². The molecular weight excluding hydrogens is 266 g/mol. The number of aromatic nitrogens is 4. The number of hydrogen-bond acceptors (Lipinski definition) is 6. The minimum atomic E-state index is 0.548. The molecule has 0 aliphatic carbocycles. The lowest BCUT2D eigenvalue weighted by molar-refractivity contribution is 0.369. The van der Waals surface area contributed by atoms with Crippen molar-refractivity contribution in [1.29, 1.82) is 0 Å². The van der Waals surface area contributed by atoms with Gasteiger partial charge in [-0.2, -0.15) is 4.98 Å². The van der Waals surface area contributed by atoms with Gasteiger partial charge >= 0.3 is 0 Å². The zero-order valence-corrected chi connectivity index (χ0v) is 12.8. The van der Waals surface area contributed by atoms with Crippen LogP contribution < -0.4 is 4.90 Å². The lowest BCUT2D eigenvalue weighted by Gasteiger charge is -2.33. The minimum absolute atomic E-state index is 0.548. The second kappa shape index (κ2) is 5.79. The maximum atomic E-state index is 5.05. The Bertz CT molecular complexity index is 604. The molecule has 0 saturated carbocycles. The first-order valence-corrected chi connectivity index (χ1v) is 7.46. The van der Waals surface area contributed by atoms with Crippen molar-refractivity contribution in [2.24, 2.45) is 5.92 Å². The summed E-state index contributed by atoms with van der Waals surface area (Å²) in [7, 11) is 0. The number of rotatable bonds is 3. The Morgan fingerprint density at radius 3 is 2.81 bits per heavy atom. The Labute approximate surface area is 124 Å². The number of nitrogens with zero attached hydrogens (tertiary/aromatic N) is 5. The standard InChI is InChI=1S/C15H21N5O/c1-10-7-15(17-11(2)16-10)20-6-4-5-13(9-20)8-14-18-12(3)21-19-14/h7,13H,4-6,8-9H2,1-3H3/t13-/m0/s1. The van der Waals surface area contributed by atoms with Crippen molar-refractivity contribution < 1.29 is 4.52 Å². The maximum Gasteiger partial charge on any atom is 0.223 e. The van der Waals surface area contributed by atoms with Gasteiger partial charge in [0.25, 0.3) is 0 Å². The molecule has 112 valence electrons. The van der Waals surface area contributed by atoms with Crippen LogP contribution in [-0.4, -0.2) is 33.2 Å². The van der Waals surface area contributed by atoms with Crippen LogP contribution in [0.3, 0.4) is 0 Å². The van der Waals surface area contributed by atoms with Crippen molar-refractivity contribution in [2.75, 3.05) is 18.0 Å². The Balaban J connectivity index is 1.70. The SMILES string of the molecule is Cc1cc(N2CCC[C@@H](Cc3noc(C)n3)C2)nc(C)n1. The van der Waals surface area contributed by atoms with E-state index in [9.17, 15) is 0 Å². The molecule has 0 spiro atoms. The Hall–Kier alpha value is -1.98. The molecule has 3 heterocycles. The molecule has 21 heavy (non-hydrogen) atoms. The highest BCUT2D eigenvalue weighted by Gasteiger charge is 2.23. The molecule has 2 aromatic rings. The molecule has 6 heteroatoms. The fourth-order valence-electron chi connectivity index (χ4n) is 2.98. The van der Waals surface area contributed by atoms with Crippen molar-refractivity contribution >= 4 is 5.82 Å². The number of anilines is 1. The molecule has 1 atom stereocenters. The van der Waals surface area contributed by atoms with Gasteiger partial charge in [-0.15, -0.1) is 0 Å². The summed E-state index contributed by atoms with van der Waals surface area (Å²) in [6.07, 6.45) is 3.24. The van der Waals surface area contributed by atoms with Crippen LogP contribution in [0.5, 0.6) is 0 Å². The van der Waals surface area contributed by atoms with E-state index < -0.39 is 0 Å². The third-order valence-electron chi connectivity index (χ3n) is 3.84. The van der Waals surface area contributed by atoms with Gasteiger partial charge in [0, 0.05) is 38.2 Å². The largest absolute Gasteiger partial charge is 0.356 e. The summed E-state index contributed by atoms with van der Waals surface area (Å²) in [5.74, 6) is 3.87. The van der Waals surface area contributed by atoms with Gasteiger partial charge in [-0.1, -0.05) is 5.16 Å². The van der Waals surface area contributed by atoms with Crippen molar-refractivity contribution in [3.63, 3.8) is 0 Å². The second-order valence-corrected chi connectivity index (χ2v) is 5.80. The van der Waals surface area contributed by atoms with Crippen molar-refractivity contribution in [3.05, 3.63) is 29.3 Å². The Morgan fingerprint density at radius 1 is 1.24 bits per heavy atom. The molecule has 2 aromatic heterocycles. The molecule has 0 N–H and O–H groups in total. The van der Waals surface area contributed by atoms with E-state index in [-0.39, 0.29) is 0 Å². The molecule has 1 aliphatic heterocycles. The Kier molecular flexibility index (Phi) is 3.86. The summed E-state index contributed by atoms with van der Waals surface area (Å²) in [4.78, 5) is 15.6. The summed E-state index contributed by atoms with van der Waals surface area (Å²) in [5.41, 5.74) is 1.02. The summed E-state index contributed by atoms with van der Waals surface area (Å²) in [5, 5.41) is 4.01. The molecule has 0 unspecified atom stereocenters. The normalized spacial score (nSPS) is 19.0. The molecule has 1 saturated heterocycles. The lowest BCUT2D eigenvalue weighted by Crippen LogP contribution is -2.37. The van der Waals surface area contributed by atoms with Crippen LogP contribution in [0.25, 0.3) is 0 Å². The smallest absolute Gasteiger partial charge is 0.223 e. The average Bonchev–Trinajstić information content (AvgIpc) is 2.83. The summed E-state index contributed by atoms with van der Waals surface area (Å²) >= 11 is 0. The second-order valence-electron chi connectivity index (χ2n) is 5.80. The van der Waals surface area contributed by atoms with Crippen LogP contribution in [0, 0.1) is 26.7 Å². The fourth-order valence-corrected chi connectivity index (χ4v) is 2.98. The Morgan fingerprint density at radius 2 is 2.10 bits per heavy atom. The zero-order chi connectivity index (χ0) is 14.8. The van der Waals surface area contributed by atoms with Gasteiger partial charge in [0.1, 0.15) is 11.6 Å². The van der Waals surface area contributed by atoms with Crippen molar-refractivity contribution in [3.8, 4) is 0 Å². The van der Waals surface area contributed by atoms with E-state index in [4.69, 9.17) is 4.52 Å². The van der Waals surface area contributed by atoms with Gasteiger partial charge < -0.3 is 9.42 Å². The van der Waals surface area contributed by atoms with Gasteiger partial charge in [-0.25, -0.2) is 9.97 Å². The maximum absolute atomic E-state index is 5.05. The molecule has 1 fully saturated rings. The molecule has 0 bridgehead atoms. The van der Waals surface area contributed by atoms with Crippen LogP contribution >= 0.6 is 0 Å². The summed E-state index contributed by atoms with van der Waals surface area (Å²) in [6.45, 7) is 7.83. The quantitative estimate of drug-likeness (QED) is 0.862. The molecule has 6 nitrogen and oxygen atoms in total. The molecule has 1 aliphatic rings. The first-order valence-electron chi connectivity index (χ1n) is 7.46. The monoisotopic (exact) mass is 287 g/mol. The number of aryl methyl sites for hydroxylation is 3. The van der Waals surface area contributed by atoms with E-state index >= 15 is 0 Å². The van der Waals surface area contributed by atoms with Crippen LogP contribution in [-0.2, 0) is 6.42 Å². The lowest BCUT2D eigenvalue weighted by atomic mass is 9.94. The van der Waals surface area contributed by atoms with E-state index in [1.165, 1.54) is 12.8 Å². The van der Waals surface area contributed by atoms with Crippen molar-refractivity contribution in [2.45, 2.75) is 40.0 Å². The number of hydrogen-bond donors (Lipinski definition) is 0. The van der Waals surface area contributed by atoms with E-state index in [1.54, 1.807) is 0 Å². The van der Waals surface area contributed by atoms with Crippen LogP contribution in [0.1, 0.15) is 36.1 Å². The molecule has 3 rings (SSSR count). The molecule has 0 radical (unpaired) electrons. The molecule has 0 aromatic carbocycles. The first kappa shape index (κ1) is 14.0. The third kappa shape index (κ3) is 3.37. The van der Waals surface area contributed by atoms with Gasteiger partial charge in [-0.05, 0) is 32.6 Å². The predicted molar refractivity (Wildman–Crippen MR) is 79.2 cm³/mol. The van der Waals surface area contributed by atoms with Crippen LogP contribution in [0.4, 0.5) is 5.82 Å². The van der Waals surface area contributed by atoms with E-state index in [2.05, 4.69) is 31.1 Å². The fraction of sp³-hybridized carbons (Fsp3) is 0.600. The van der Waals surface area contributed by atoms with E-state index in [1.807, 2.05) is 20.8 Å². The minimum Gasteiger partial charge on any atom is -0.356 e.